The Balaban J connectivity index is 1.68. The van der Waals surface area contributed by atoms with Crippen LogP contribution in [-0.2, 0) is 4.79 Å². The summed E-state index contributed by atoms with van der Waals surface area (Å²) in [6, 6.07) is 2.28. The summed E-state index contributed by atoms with van der Waals surface area (Å²) < 4.78 is 0. The normalized spacial score (nSPS) is 23.2. The van der Waals surface area contributed by atoms with E-state index in [1.54, 1.807) is 6.92 Å². The third-order valence-electron chi connectivity index (χ3n) is 4.32. The Morgan fingerprint density at radius 2 is 2.15 bits per heavy atom. The molecule has 2 heterocycles. The number of aromatic nitrogens is 2. The van der Waals surface area contributed by atoms with Gasteiger partial charge in [0.1, 0.15) is 0 Å². The Morgan fingerprint density at radius 1 is 1.35 bits per heavy atom. The summed E-state index contributed by atoms with van der Waals surface area (Å²) in [6.07, 6.45) is 7.99. The van der Waals surface area contributed by atoms with Gasteiger partial charge in [0.15, 0.2) is 0 Å². The molecular weight excluding hydrogens is 252 g/mol. The van der Waals surface area contributed by atoms with Crippen molar-refractivity contribution in [2.24, 2.45) is 0 Å². The fraction of sp³-hybridized carbons (Fsp3) is 0.667. The van der Waals surface area contributed by atoms with Gasteiger partial charge in [-0.25, -0.2) is 9.97 Å². The molecule has 0 aromatic carbocycles. The van der Waals surface area contributed by atoms with Crippen LogP contribution in [0.1, 0.15) is 50.6 Å². The average molecular weight is 274 g/mol. The first-order valence-corrected chi connectivity index (χ1v) is 7.57. The molecule has 1 amide bonds. The summed E-state index contributed by atoms with van der Waals surface area (Å²) in [6.45, 7) is 3.30. The molecule has 3 rings (SSSR count). The molecule has 0 radical (unpaired) electrons. The lowest BCUT2D eigenvalue weighted by molar-refractivity contribution is -0.119. The lowest BCUT2D eigenvalue weighted by atomic mass is 10.0. The van der Waals surface area contributed by atoms with Crippen LogP contribution in [0.25, 0.3) is 0 Å². The van der Waals surface area contributed by atoms with E-state index in [-0.39, 0.29) is 11.9 Å². The maximum atomic E-state index is 11.1. The fourth-order valence-electron chi connectivity index (χ4n) is 3.31. The maximum absolute atomic E-state index is 11.1. The Labute approximate surface area is 119 Å². The van der Waals surface area contributed by atoms with E-state index in [2.05, 4.69) is 21.3 Å². The van der Waals surface area contributed by atoms with Crippen LogP contribution in [0.15, 0.2) is 12.3 Å². The molecule has 5 heteroatoms. The van der Waals surface area contributed by atoms with Crippen LogP contribution in [0.5, 0.6) is 0 Å². The first-order chi connectivity index (χ1) is 9.72. The van der Waals surface area contributed by atoms with Gasteiger partial charge in [-0.15, -0.1) is 0 Å². The molecule has 1 aliphatic heterocycles. The number of anilines is 1. The van der Waals surface area contributed by atoms with E-state index < -0.39 is 0 Å². The molecule has 1 saturated heterocycles. The van der Waals surface area contributed by atoms with Crippen molar-refractivity contribution in [1.82, 2.24) is 15.3 Å². The van der Waals surface area contributed by atoms with Crippen molar-refractivity contribution in [2.75, 3.05) is 18.0 Å². The number of hydrogen-bond acceptors (Lipinski definition) is 4. The van der Waals surface area contributed by atoms with Gasteiger partial charge >= 0.3 is 0 Å². The Morgan fingerprint density at radius 3 is 2.90 bits per heavy atom. The summed E-state index contributed by atoms with van der Waals surface area (Å²) in [5.74, 6) is 1.48. The van der Waals surface area contributed by atoms with Crippen molar-refractivity contribution in [3.8, 4) is 0 Å². The standard InChI is InChI=1S/C15H22N4O/c1-11(20)17-13-7-9-19(10-13)15-16-8-6-14(18-15)12-4-2-3-5-12/h6,8,12-13H,2-5,7,9-10H2,1H3,(H,17,20). The van der Waals surface area contributed by atoms with E-state index in [1.807, 2.05) is 6.20 Å². The van der Waals surface area contributed by atoms with E-state index in [0.29, 0.717) is 5.92 Å². The number of carbonyl (C=O) groups is 1. The minimum atomic E-state index is 0.0393. The minimum Gasteiger partial charge on any atom is -0.352 e. The molecule has 0 spiro atoms. The molecular formula is C15H22N4O. The number of hydrogen-bond donors (Lipinski definition) is 1. The molecule has 2 fully saturated rings. The molecule has 1 unspecified atom stereocenters. The number of nitrogens with one attached hydrogen (secondary N) is 1. The van der Waals surface area contributed by atoms with Crippen LogP contribution in [0.3, 0.4) is 0 Å². The first kappa shape index (κ1) is 13.3. The van der Waals surface area contributed by atoms with Gasteiger partial charge in [-0.2, -0.15) is 0 Å². The van der Waals surface area contributed by atoms with Crippen LogP contribution >= 0.6 is 0 Å². The van der Waals surface area contributed by atoms with Gasteiger partial charge in [-0.3, -0.25) is 4.79 Å². The zero-order chi connectivity index (χ0) is 13.9. The third kappa shape index (κ3) is 2.92. The van der Waals surface area contributed by atoms with Gasteiger partial charge in [-0.1, -0.05) is 12.8 Å². The molecule has 1 N–H and O–H groups in total. The van der Waals surface area contributed by atoms with Crippen LogP contribution in [0.2, 0.25) is 0 Å². The second-order valence-electron chi connectivity index (χ2n) is 5.90. The highest BCUT2D eigenvalue weighted by Crippen LogP contribution is 2.33. The highest BCUT2D eigenvalue weighted by atomic mass is 16.1. The molecule has 1 saturated carbocycles. The molecule has 1 aromatic rings. The number of amides is 1. The predicted octanol–water partition coefficient (Wildman–Crippen LogP) is 1.85. The minimum absolute atomic E-state index is 0.0393. The van der Waals surface area contributed by atoms with Gasteiger partial charge in [0.2, 0.25) is 11.9 Å². The van der Waals surface area contributed by atoms with E-state index in [9.17, 15) is 4.79 Å². The van der Waals surface area contributed by atoms with Crippen LogP contribution in [0.4, 0.5) is 5.95 Å². The SMILES string of the molecule is CC(=O)NC1CCN(c2nccc(C3CCCC3)n2)C1. The van der Waals surface area contributed by atoms with Crippen molar-refractivity contribution in [3.05, 3.63) is 18.0 Å². The molecule has 2 aliphatic rings. The molecule has 1 atom stereocenters. The Kier molecular flexibility index (Phi) is 3.85. The smallest absolute Gasteiger partial charge is 0.225 e. The van der Waals surface area contributed by atoms with Crippen LogP contribution in [-0.4, -0.2) is 35.0 Å². The Hall–Kier alpha value is -1.65. The second-order valence-corrected chi connectivity index (χ2v) is 5.90. The lowest BCUT2D eigenvalue weighted by Crippen LogP contribution is -2.35. The summed E-state index contributed by atoms with van der Waals surface area (Å²) in [5, 5.41) is 2.98. The summed E-state index contributed by atoms with van der Waals surface area (Å²) in [4.78, 5) is 22.5. The Bertz CT molecular complexity index is 485. The first-order valence-electron chi connectivity index (χ1n) is 7.57. The monoisotopic (exact) mass is 274 g/mol. The largest absolute Gasteiger partial charge is 0.352 e. The second kappa shape index (κ2) is 5.77. The van der Waals surface area contributed by atoms with Gasteiger partial charge in [0, 0.05) is 43.9 Å². The van der Waals surface area contributed by atoms with Gasteiger partial charge in [-0.05, 0) is 25.3 Å². The average Bonchev–Trinajstić information content (AvgIpc) is 3.09. The zero-order valence-electron chi connectivity index (χ0n) is 12.0. The van der Waals surface area contributed by atoms with Gasteiger partial charge in [0.05, 0.1) is 0 Å². The topological polar surface area (TPSA) is 58.1 Å². The van der Waals surface area contributed by atoms with Crippen LogP contribution in [0, 0.1) is 0 Å². The lowest BCUT2D eigenvalue weighted by Gasteiger charge is -2.18. The van der Waals surface area contributed by atoms with E-state index >= 15 is 0 Å². The maximum Gasteiger partial charge on any atom is 0.225 e. The van der Waals surface area contributed by atoms with E-state index in [4.69, 9.17) is 4.98 Å². The molecule has 1 aliphatic carbocycles. The quantitative estimate of drug-likeness (QED) is 0.914. The summed E-state index contributed by atoms with van der Waals surface area (Å²) in [5.41, 5.74) is 1.19. The number of carbonyl (C=O) groups excluding carboxylic acids is 1. The van der Waals surface area contributed by atoms with Crippen molar-refractivity contribution < 1.29 is 4.79 Å². The van der Waals surface area contributed by atoms with Gasteiger partial charge < -0.3 is 10.2 Å². The molecule has 20 heavy (non-hydrogen) atoms. The predicted molar refractivity (Wildman–Crippen MR) is 77.7 cm³/mol. The molecule has 5 nitrogen and oxygen atoms in total. The number of nitrogens with zero attached hydrogens (tertiary/aromatic N) is 3. The number of rotatable bonds is 3. The molecule has 1 aromatic heterocycles. The summed E-state index contributed by atoms with van der Waals surface area (Å²) >= 11 is 0. The van der Waals surface area contributed by atoms with Crippen molar-refractivity contribution in [2.45, 2.75) is 51.0 Å². The van der Waals surface area contributed by atoms with E-state index in [1.165, 1.54) is 31.4 Å². The van der Waals surface area contributed by atoms with Crippen molar-refractivity contribution in [3.63, 3.8) is 0 Å². The third-order valence-corrected chi connectivity index (χ3v) is 4.32. The fourth-order valence-corrected chi connectivity index (χ4v) is 3.31. The summed E-state index contributed by atoms with van der Waals surface area (Å²) in [7, 11) is 0. The van der Waals surface area contributed by atoms with Crippen molar-refractivity contribution in [1.29, 1.82) is 0 Å². The van der Waals surface area contributed by atoms with Crippen molar-refractivity contribution >= 4 is 11.9 Å². The molecule has 108 valence electrons. The van der Waals surface area contributed by atoms with Crippen LogP contribution < -0.4 is 10.2 Å². The highest BCUT2D eigenvalue weighted by Gasteiger charge is 2.26. The highest BCUT2D eigenvalue weighted by molar-refractivity contribution is 5.73. The van der Waals surface area contributed by atoms with Gasteiger partial charge in [0.25, 0.3) is 0 Å². The molecule has 0 bridgehead atoms. The van der Waals surface area contributed by atoms with E-state index in [0.717, 1.165) is 25.5 Å². The zero-order valence-corrected chi connectivity index (χ0v) is 12.0.